The number of oxazole rings is 1. The fraction of sp³-hybridized carbons (Fsp3) is 0.600. The Labute approximate surface area is 164 Å². The predicted molar refractivity (Wildman–Crippen MR) is 105 cm³/mol. The molecule has 1 atom stereocenters. The lowest BCUT2D eigenvalue weighted by atomic mass is 10.2. The van der Waals surface area contributed by atoms with Gasteiger partial charge in [-0.05, 0) is 50.1 Å². The van der Waals surface area contributed by atoms with Gasteiger partial charge in [0.15, 0.2) is 0 Å². The monoisotopic (exact) mass is 389 g/mol. The van der Waals surface area contributed by atoms with Gasteiger partial charge in [-0.15, -0.1) is 11.3 Å². The number of carbonyl (C=O) groups excluding carboxylic acids is 1. The second-order valence-corrected chi connectivity index (χ2v) is 8.33. The first kappa shape index (κ1) is 18.7. The SMILES string of the molecule is Cc1ccsc1-c1nc(CN2CCCN(C(=O)[C@@H]3CCCO3)CC2)c(C)o1. The average Bonchev–Trinajstić information content (AvgIpc) is 3.36. The summed E-state index contributed by atoms with van der Waals surface area (Å²) < 4.78 is 11.5. The molecule has 0 N–H and O–H groups in total. The number of carbonyl (C=O) groups is 1. The maximum Gasteiger partial charge on any atom is 0.251 e. The van der Waals surface area contributed by atoms with E-state index in [1.807, 2.05) is 11.8 Å². The van der Waals surface area contributed by atoms with Crippen LogP contribution in [0.3, 0.4) is 0 Å². The molecule has 0 aromatic carbocycles. The molecule has 146 valence electrons. The molecular formula is C20H27N3O3S. The first-order chi connectivity index (χ1) is 13.1. The first-order valence-electron chi connectivity index (χ1n) is 9.75. The molecule has 2 aliphatic rings. The van der Waals surface area contributed by atoms with Gasteiger partial charge in [-0.1, -0.05) is 0 Å². The van der Waals surface area contributed by atoms with Crippen LogP contribution in [0.15, 0.2) is 15.9 Å². The summed E-state index contributed by atoms with van der Waals surface area (Å²) in [6, 6.07) is 2.09. The second kappa shape index (κ2) is 8.12. The van der Waals surface area contributed by atoms with Crippen LogP contribution in [0.4, 0.5) is 0 Å². The molecule has 0 aliphatic carbocycles. The Bertz CT molecular complexity index is 794. The average molecular weight is 390 g/mol. The number of amides is 1. The van der Waals surface area contributed by atoms with Gasteiger partial charge in [0.2, 0.25) is 5.89 Å². The van der Waals surface area contributed by atoms with Crippen LogP contribution in [-0.4, -0.2) is 59.6 Å². The third-order valence-corrected chi connectivity index (χ3v) is 6.43. The van der Waals surface area contributed by atoms with E-state index in [4.69, 9.17) is 14.1 Å². The molecule has 0 saturated carbocycles. The summed E-state index contributed by atoms with van der Waals surface area (Å²) in [5, 5.41) is 2.07. The molecule has 2 aliphatic heterocycles. The zero-order valence-electron chi connectivity index (χ0n) is 16.1. The van der Waals surface area contributed by atoms with Gasteiger partial charge >= 0.3 is 0 Å². The van der Waals surface area contributed by atoms with Crippen molar-refractivity contribution in [2.75, 3.05) is 32.8 Å². The molecule has 2 saturated heterocycles. The Morgan fingerprint density at radius 3 is 2.89 bits per heavy atom. The van der Waals surface area contributed by atoms with Crippen molar-refractivity contribution in [1.29, 1.82) is 0 Å². The van der Waals surface area contributed by atoms with Crippen molar-refractivity contribution in [3.8, 4) is 10.8 Å². The van der Waals surface area contributed by atoms with E-state index >= 15 is 0 Å². The van der Waals surface area contributed by atoms with Crippen LogP contribution in [0.1, 0.15) is 36.3 Å². The summed E-state index contributed by atoms with van der Waals surface area (Å²) in [6.45, 7) is 8.95. The van der Waals surface area contributed by atoms with Crippen molar-refractivity contribution in [2.45, 2.75) is 45.8 Å². The van der Waals surface area contributed by atoms with Crippen LogP contribution >= 0.6 is 11.3 Å². The van der Waals surface area contributed by atoms with Crippen molar-refractivity contribution in [2.24, 2.45) is 0 Å². The molecule has 0 spiro atoms. The van der Waals surface area contributed by atoms with Gasteiger partial charge < -0.3 is 14.1 Å². The molecule has 0 bridgehead atoms. The summed E-state index contributed by atoms with van der Waals surface area (Å²) in [6.07, 6.45) is 2.62. The van der Waals surface area contributed by atoms with Gasteiger partial charge in [0, 0.05) is 39.3 Å². The number of aryl methyl sites for hydroxylation is 2. The lowest BCUT2D eigenvalue weighted by molar-refractivity contribution is -0.140. The Kier molecular flexibility index (Phi) is 5.61. The minimum absolute atomic E-state index is 0.169. The fourth-order valence-corrected chi connectivity index (χ4v) is 4.65. The summed E-state index contributed by atoms with van der Waals surface area (Å²) in [7, 11) is 0. The quantitative estimate of drug-likeness (QED) is 0.803. The van der Waals surface area contributed by atoms with Gasteiger partial charge in [-0.2, -0.15) is 0 Å². The van der Waals surface area contributed by atoms with Gasteiger partial charge in [-0.25, -0.2) is 4.98 Å². The minimum Gasteiger partial charge on any atom is -0.440 e. The van der Waals surface area contributed by atoms with E-state index in [1.54, 1.807) is 11.3 Å². The van der Waals surface area contributed by atoms with Crippen LogP contribution in [0.5, 0.6) is 0 Å². The van der Waals surface area contributed by atoms with Gasteiger partial charge in [0.25, 0.3) is 5.91 Å². The van der Waals surface area contributed by atoms with E-state index in [0.717, 1.165) is 74.2 Å². The van der Waals surface area contributed by atoms with E-state index in [1.165, 1.54) is 5.56 Å². The van der Waals surface area contributed by atoms with Crippen LogP contribution in [-0.2, 0) is 16.1 Å². The number of hydrogen-bond acceptors (Lipinski definition) is 6. The minimum atomic E-state index is -0.217. The van der Waals surface area contributed by atoms with Gasteiger partial charge in [-0.3, -0.25) is 9.69 Å². The molecule has 6 nitrogen and oxygen atoms in total. The lowest BCUT2D eigenvalue weighted by Gasteiger charge is -2.24. The van der Waals surface area contributed by atoms with E-state index in [9.17, 15) is 4.79 Å². The van der Waals surface area contributed by atoms with E-state index in [-0.39, 0.29) is 12.0 Å². The lowest BCUT2D eigenvalue weighted by Crippen LogP contribution is -2.41. The number of aromatic nitrogens is 1. The Morgan fingerprint density at radius 2 is 2.15 bits per heavy atom. The second-order valence-electron chi connectivity index (χ2n) is 7.41. The Morgan fingerprint density at radius 1 is 1.26 bits per heavy atom. The van der Waals surface area contributed by atoms with Crippen molar-refractivity contribution in [3.63, 3.8) is 0 Å². The molecule has 4 rings (SSSR count). The Balaban J connectivity index is 1.38. The van der Waals surface area contributed by atoms with Crippen LogP contribution in [0.25, 0.3) is 10.8 Å². The van der Waals surface area contributed by atoms with Crippen LogP contribution in [0.2, 0.25) is 0 Å². The zero-order valence-corrected chi connectivity index (χ0v) is 16.9. The summed E-state index contributed by atoms with van der Waals surface area (Å²) in [5.74, 6) is 1.77. The molecule has 7 heteroatoms. The largest absolute Gasteiger partial charge is 0.440 e. The number of hydrogen-bond donors (Lipinski definition) is 0. The highest BCUT2D eigenvalue weighted by atomic mass is 32.1. The summed E-state index contributed by atoms with van der Waals surface area (Å²) in [5.41, 5.74) is 2.20. The normalized spacial score (nSPS) is 21.6. The van der Waals surface area contributed by atoms with Crippen LogP contribution in [0, 0.1) is 13.8 Å². The topological polar surface area (TPSA) is 58.8 Å². The smallest absolute Gasteiger partial charge is 0.251 e. The molecule has 27 heavy (non-hydrogen) atoms. The van der Waals surface area contributed by atoms with Crippen molar-refractivity contribution in [3.05, 3.63) is 28.5 Å². The van der Waals surface area contributed by atoms with Crippen molar-refractivity contribution >= 4 is 17.2 Å². The molecular weight excluding hydrogens is 362 g/mol. The molecule has 2 fully saturated rings. The third-order valence-electron chi connectivity index (χ3n) is 5.43. The number of nitrogens with zero attached hydrogens (tertiary/aromatic N) is 3. The third kappa shape index (κ3) is 4.10. The fourth-order valence-electron chi connectivity index (χ4n) is 3.80. The van der Waals surface area contributed by atoms with E-state index < -0.39 is 0 Å². The number of rotatable bonds is 4. The zero-order chi connectivity index (χ0) is 18.8. The number of ether oxygens (including phenoxy) is 1. The highest BCUT2D eigenvalue weighted by molar-refractivity contribution is 7.13. The van der Waals surface area contributed by atoms with Crippen molar-refractivity contribution < 1.29 is 13.9 Å². The van der Waals surface area contributed by atoms with E-state index in [0.29, 0.717) is 6.61 Å². The molecule has 1 amide bonds. The van der Waals surface area contributed by atoms with Crippen molar-refractivity contribution in [1.82, 2.24) is 14.8 Å². The summed E-state index contributed by atoms with van der Waals surface area (Å²) >= 11 is 1.66. The molecule has 4 heterocycles. The van der Waals surface area contributed by atoms with E-state index in [2.05, 4.69) is 23.3 Å². The predicted octanol–water partition coefficient (Wildman–Crippen LogP) is 3.23. The van der Waals surface area contributed by atoms with Gasteiger partial charge in [0.1, 0.15) is 11.9 Å². The molecule has 0 unspecified atom stereocenters. The molecule has 2 aromatic heterocycles. The first-order valence-corrected chi connectivity index (χ1v) is 10.6. The van der Waals surface area contributed by atoms with Gasteiger partial charge in [0.05, 0.1) is 10.6 Å². The molecule has 0 radical (unpaired) electrons. The summed E-state index contributed by atoms with van der Waals surface area (Å²) in [4.78, 5) is 22.8. The standard InChI is InChI=1S/C20H27N3O3S/c1-14-6-12-27-18(14)19-21-16(15(2)26-19)13-22-7-4-8-23(10-9-22)20(24)17-5-3-11-25-17/h6,12,17H,3-5,7-11,13H2,1-2H3/t17-/m0/s1. The number of thiophene rings is 1. The maximum atomic E-state index is 12.6. The Hall–Kier alpha value is -1.70. The highest BCUT2D eigenvalue weighted by Gasteiger charge is 2.29. The van der Waals surface area contributed by atoms with Crippen LogP contribution < -0.4 is 0 Å². The molecule has 2 aromatic rings. The maximum absolute atomic E-state index is 12.6. The highest BCUT2D eigenvalue weighted by Crippen LogP contribution is 2.30.